The molecule has 0 aliphatic carbocycles. The highest BCUT2D eigenvalue weighted by atomic mass is 32.2. The molecule has 2 aromatic heterocycles. The minimum atomic E-state index is -0.0943. The van der Waals surface area contributed by atoms with Crippen molar-refractivity contribution >= 4 is 40.0 Å². The molecule has 0 aliphatic rings. The summed E-state index contributed by atoms with van der Waals surface area (Å²) >= 11 is 2.77. The van der Waals surface area contributed by atoms with Gasteiger partial charge in [-0.05, 0) is 13.8 Å². The van der Waals surface area contributed by atoms with Gasteiger partial charge in [-0.25, -0.2) is 4.68 Å². The van der Waals surface area contributed by atoms with E-state index in [4.69, 9.17) is 0 Å². The Hall–Kier alpha value is -1.87. The van der Waals surface area contributed by atoms with E-state index in [-0.39, 0.29) is 17.7 Å². The summed E-state index contributed by atoms with van der Waals surface area (Å²) in [5.41, 5.74) is 0. The molecule has 0 bridgehead atoms. The lowest BCUT2D eigenvalue weighted by atomic mass is 10.4. The fraction of sp³-hybridized carbons (Fsp3) is 0.385. The summed E-state index contributed by atoms with van der Waals surface area (Å²) < 4.78 is 2.52. The topological polar surface area (TPSA) is 84.7 Å². The van der Waals surface area contributed by atoms with Gasteiger partial charge in [-0.2, -0.15) is 5.10 Å². The first kappa shape index (κ1) is 16.5. The molecule has 2 rings (SSSR count). The van der Waals surface area contributed by atoms with Crippen molar-refractivity contribution in [3.8, 4) is 0 Å². The lowest BCUT2D eigenvalue weighted by molar-refractivity contribution is -0.113. The zero-order valence-corrected chi connectivity index (χ0v) is 14.1. The van der Waals surface area contributed by atoms with E-state index in [1.807, 2.05) is 13.8 Å². The van der Waals surface area contributed by atoms with Gasteiger partial charge in [0.25, 0.3) is 0 Å². The van der Waals surface area contributed by atoms with Gasteiger partial charge < -0.3 is 10.6 Å². The average Bonchev–Trinajstić information content (AvgIpc) is 3.12. The Morgan fingerprint density at radius 1 is 1.55 bits per heavy atom. The number of hydrogen-bond donors (Lipinski definition) is 2. The van der Waals surface area contributed by atoms with E-state index in [0.29, 0.717) is 12.4 Å². The number of nitrogens with zero attached hydrogens (tertiary/aromatic N) is 4. The Morgan fingerprint density at radius 3 is 3.09 bits per heavy atom. The summed E-state index contributed by atoms with van der Waals surface area (Å²) in [5, 5.41) is 18.8. The molecule has 2 aromatic rings. The summed E-state index contributed by atoms with van der Waals surface area (Å²) in [6.45, 7) is 8.28. The third-order valence-electron chi connectivity index (χ3n) is 2.56. The summed E-state index contributed by atoms with van der Waals surface area (Å²) in [6.07, 6.45) is 3.42. The second-order valence-corrected chi connectivity index (χ2v) is 6.83. The molecule has 0 atom stereocenters. The maximum absolute atomic E-state index is 12.0. The van der Waals surface area contributed by atoms with Crippen LogP contribution >= 0.6 is 23.1 Å². The number of aromatic nitrogens is 4. The second-order valence-electron chi connectivity index (χ2n) is 4.63. The van der Waals surface area contributed by atoms with E-state index < -0.39 is 0 Å². The van der Waals surface area contributed by atoms with Crippen LogP contribution in [0.4, 0.5) is 10.9 Å². The van der Waals surface area contributed by atoms with Gasteiger partial charge in [0.05, 0.1) is 11.9 Å². The Balaban J connectivity index is 1.83. The minimum Gasteiger partial charge on any atom is -0.357 e. The van der Waals surface area contributed by atoms with Crippen LogP contribution in [0.25, 0.3) is 0 Å². The van der Waals surface area contributed by atoms with E-state index >= 15 is 0 Å². The summed E-state index contributed by atoms with van der Waals surface area (Å²) in [6, 6.07) is 1.98. The Bertz CT molecular complexity index is 636. The zero-order valence-electron chi connectivity index (χ0n) is 12.4. The van der Waals surface area contributed by atoms with E-state index in [0.717, 1.165) is 9.47 Å². The van der Waals surface area contributed by atoms with Gasteiger partial charge >= 0.3 is 0 Å². The van der Waals surface area contributed by atoms with Crippen LogP contribution in [0.15, 0.2) is 29.3 Å². The van der Waals surface area contributed by atoms with Gasteiger partial charge in [0.2, 0.25) is 11.0 Å². The van der Waals surface area contributed by atoms with E-state index in [2.05, 4.69) is 32.5 Å². The maximum atomic E-state index is 12.0. The monoisotopic (exact) mass is 338 g/mol. The van der Waals surface area contributed by atoms with Crippen LogP contribution in [0.2, 0.25) is 0 Å². The summed E-state index contributed by atoms with van der Waals surface area (Å²) in [5.74, 6) is 0.883. The number of carbonyl (C=O) groups is 1. The molecule has 22 heavy (non-hydrogen) atoms. The molecule has 0 fully saturated rings. The largest absolute Gasteiger partial charge is 0.357 e. The molecular weight excluding hydrogens is 320 g/mol. The smallest absolute Gasteiger partial charge is 0.235 e. The van der Waals surface area contributed by atoms with Crippen molar-refractivity contribution in [1.29, 1.82) is 0 Å². The van der Waals surface area contributed by atoms with Crippen LogP contribution in [0.1, 0.15) is 19.9 Å². The van der Waals surface area contributed by atoms with Crippen LogP contribution < -0.4 is 10.6 Å². The molecule has 2 heterocycles. The van der Waals surface area contributed by atoms with Gasteiger partial charge in [0, 0.05) is 18.7 Å². The first-order valence-electron chi connectivity index (χ1n) is 6.74. The van der Waals surface area contributed by atoms with Gasteiger partial charge in [0.15, 0.2) is 4.34 Å². The number of amides is 1. The molecule has 0 saturated carbocycles. The Labute approximate surface area is 137 Å². The standard InChI is InChI=1S/C13H18N6OS2/c1-4-6-14-12-17-18-13(22-12)21-8-11(20)16-10-5-7-15-19(10)9(2)3/h4-5,7,9H,1,6,8H2,2-3H3,(H,14,17)(H,16,20). The van der Waals surface area contributed by atoms with E-state index in [1.54, 1.807) is 23.0 Å². The number of thioether (sulfide) groups is 1. The fourth-order valence-corrected chi connectivity index (χ4v) is 3.19. The third kappa shape index (κ3) is 4.57. The van der Waals surface area contributed by atoms with Crippen molar-refractivity contribution < 1.29 is 4.79 Å². The molecule has 118 valence electrons. The molecule has 9 heteroatoms. The normalized spacial score (nSPS) is 10.7. The second kappa shape index (κ2) is 7.95. The number of carbonyl (C=O) groups excluding carboxylic acids is 1. The predicted octanol–water partition coefficient (Wildman–Crippen LogP) is 2.64. The Kier molecular flexibility index (Phi) is 5.96. The van der Waals surface area contributed by atoms with Crippen LogP contribution in [0.3, 0.4) is 0 Å². The van der Waals surface area contributed by atoms with Crippen LogP contribution in [-0.2, 0) is 4.79 Å². The average molecular weight is 338 g/mol. The van der Waals surface area contributed by atoms with Crippen LogP contribution in [-0.4, -0.2) is 38.2 Å². The van der Waals surface area contributed by atoms with E-state index in [1.165, 1.54) is 23.1 Å². The molecule has 1 amide bonds. The van der Waals surface area contributed by atoms with Gasteiger partial charge in [-0.15, -0.1) is 16.8 Å². The van der Waals surface area contributed by atoms with Crippen molar-refractivity contribution in [2.24, 2.45) is 0 Å². The highest BCUT2D eigenvalue weighted by Gasteiger charge is 2.11. The predicted molar refractivity (Wildman–Crippen MR) is 90.6 cm³/mol. The van der Waals surface area contributed by atoms with Crippen LogP contribution in [0, 0.1) is 0 Å². The number of anilines is 2. The number of hydrogen-bond acceptors (Lipinski definition) is 7. The molecule has 0 saturated heterocycles. The van der Waals surface area contributed by atoms with Gasteiger partial charge in [-0.3, -0.25) is 4.79 Å². The fourth-order valence-electron chi connectivity index (χ4n) is 1.63. The summed E-state index contributed by atoms with van der Waals surface area (Å²) in [7, 11) is 0. The molecular formula is C13H18N6OS2. The van der Waals surface area contributed by atoms with Crippen molar-refractivity contribution in [2.75, 3.05) is 22.9 Å². The first-order valence-corrected chi connectivity index (χ1v) is 8.54. The Morgan fingerprint density at radius 2 is 2.36 bits per heavy atom. The van der Waals surface area contributed by atoms with Crippen molar-refractivity contribution in [3.05, 3.63) is 24.9 Å². The lowest BCUT2D eigenvalue weighted by Crippen LogP contribution is -2.18. The van der Waals surface area contributed by atoms with Crippen molar-refractivity contribution in [3.63, 3.8) is 0 Å². The molecule has 0 aromatic carbocycles. The molecule has 0 unspecified atom stereocenters. The van der Waals surface area contributed by atoms with Crippen molar-refractivity contribution in [2.45, 2.75) is 24.2 Å². The highest BCUT2D eigenvalue weighted by Crippen LogP contribution is 2.25. The third-order valence-corrected chi connectivity index (χ3v) is 4.57. The van der Waals surface area contributed by atoms with Gasteiger partial charge in [-0.1, -0.05) is 29.2 Å². The maximum Gasteiger partial charge on any atom is 0.235 e. The summed E-state index contributed by atoms with van der Waals surface area (Å²) in [4.78, 5) is 12.0. The lowest BCUT2D eigenvalue weighted by Gasteiger charge is -2.11. The van der Waals surface area contributed by atoms with Gasteiger partial charge in [0.1, 0.15) is 5.82 Å². The molecule has 7 nitrogen and oxygen atoms in total. The van der Waals surface area contributed by atoms with Crippen molar-refractivity contribution in [1.82, 2.24) is 20.0 Å². The zero-order chi connectivity index (χ0) is 15.9. The molecule has 0 aliphatic heterocycles. The minimum absolute atomic E-state index is 0.0943. The van der Waals surface area contributed by atoms with Crippen LogP contribution in [0.5, 0.6) is 0 Å². The SMILES string of the molecule is C=CCNc1nnc(SCC(=O)Nc2ccnn2C(C)C)s1. The first-order chi connectivity index (χ1) is 10.6. The number of rotatable bonds is 8. The number of nitrogens with one attached hydrogen (secondary N) is 2. The quantitative estimate of drug-likeness (QED) is 0.568. The van der Waals surface area contributed by atoms with E-state index in [9.17, 15) is 4.79 Å². The highest BCUT2D eigenvalue weighted by molar-refractivity contribution is 8.01. The molecule has 0 radical (unpaired) electrons. The molecule has 2 N–H and O–H groups in total. The molecule has 0 spiro atoms.